The number of fused-ring (bicyclic) bond motifs is 7. The van der Waals surface area contributed by atoms with Gasteiger partial charge in [-0.25, -0.2) is 0 Å². The van der Waals surface area contributed by atoms with Crippen LogP contribution in [0.2, 0.25) is 0 Å². The van der Waals surface area contributed by atoms with E-state index < -0.39 is 0 Å². The summed E-state index contributed by atoms with van der Waals surface area (Å²) >= 11 is 0. The van der Waals surface area contributed by atoms with E-state index in [-0.39, 0.29) is 0 Å². The van der Waals surface area contributed by atoms with Crippen molar-refractivity contribution in [2.24, 2.45) is 0 Å². The van der Waals surface area contributed by atoms with Gasteiger partial charge < -0.3 is 4.90 Å². The van der Waals surface area contributed by atoms with Crippen molar-refractivity contribution in [3.8, 4) is 11.1 Å². The Labute approximate surface area is 262 Å². The number of rotatable bonds is 4. The third kappa shape index (κ3) is 4.32. The molecule has 0 atom stereocenters. The van der Waals surface area contributed by atoms with Gasteiger partial charge in [-0.1, -0.05) is 140 Å². The van der Waals surface area contributed by atoms with Crippen LogP contribution in [0, 0.1) is 0 Å². The van der Waals surface area contributed by atoms with Gasteiger partial charge in [0.05, 0.1) is 5.69 Å². The van der Waals surface area contributed by atoms with Crippen molar-refractivity contribution in [1.29, 1.82) is 0 Å². The number of hydrogen-bond donors (Lipinski definition) is 0. The molecule has 0 unspecified atom stereocenters. The van der Waals surface area contributed by atoms with Crippen molar-refractivity contribution in [3.63, 3.8) is 0 Å². The van der Waals surface area contributed by atoms with E-state index in [1.54, 1.807) is 0 Å². The molecule has 0 aliphatic rings. The lowest BCUT2D eigenvalue weighted by molar-refractivity contribution is 1.31. The fourth-order valence-electron chi connectivity index (χ4n) is 6.95. The zero-order valence-electron chi connectivity index (χ0n) is 24.7. The van der Waals surface area contributed by atoms with Crippen LogP contribution in [0.1, 0.15) is 0 Å². The van der Waals surface area contributed by atoms with Crippen LogP contribution in [0.15, 0.2) is 176 Å². The first-order valence-corrected chi connectivity index (χ1v) is 15.5. The summed E-state index contributed by atoms with van der Waals surface area (Å²) in [7, 11) is 0. The number of hydrogen-bond acceptors (Lipinski definition) is 1. The molecule has 9 rings (SSSR count). The van der Waals surface area contributed by atoms with Gasteiger partial charge in [0.1, 0.15) is 0 Å². The zero-order valence-corrected chi connectivity index (χ0v) is 24.7. The lowest BCUT2D eigenvalue weighted by Crippen LogP contribution is -2.10. The van der Waals surface area contributed by atoms with Crippen LogP contribution in [0.5, 0.6) is 0 Å². The van der Waals surface area contributed by atoms with E-state index in [0.717, 1.165) is 11.4 Å². The zero-order chi connectivity index (χ0) is 29.7. The minimum atomic E-state index is 1.12. The lowest BCUT2D eigenvalue weighted by atomic mass is 9.97. The highest BCUT2D eigenvalue weighted by Gasteiger charge is 2.18. The van der Waals surface area contributed by atoms with Gasteiger partial charge in [-0.2, -0.15) is 0 Å². The van der Waals surface area contributed by atoms with Crippen LogP contribution in [-0.2, 0) is 0 Å². The molecule has 0 saturated heterocycles. The average molecular weight is 572 g/mol. The van der Waals surface area contributed by atoms with E-state index in [0.29, 0.717) is 0 Å². The Hall–Kier alpha value is -5.92. The summed E-state index contributed by atoms with van der Waals surface area (Å²) in [5, 5.41) is 12.5. The fourth-order valence-corrected chi connectivity index (χ4v) is 6.95. The Morgan fingerprint density at radius 3 is 1.56 bits per heavy atom. The first-order valence-electron chi connectivity index (χ1n) is 15.5. The Morgan fingerprint density at radius 1 is 0.267 bits per heavy atom. The van der Waals surface area contributed by atoms with Gasteiger partial charge in [0.25, 0.3) is 0 Å². The van der Waals surface area contributed by atoms with Crippen LogP contribution in [-0.4, -0.2) is 0 Å². The first-order chi connectivity index (χ1) is 22.3. The van der Waals surface area contributed by atoms with E-state index in [1.165, 1.54) is 70.7 Å². The number of benzene rings is 9. The molecule has 0 aliphatic heterocycles. The molecule has 0 N–H and O–H groups in total. The van der Waals surface area contributed by atoms with Crippen LogP contribution in [0.25, 0.3) is 65.0 Å². The molecule has 0 aliphatic carbocycles. The van der Waals surface area contributed by atoms with Crippen molar-refractivity contribution in [2.75, 3.05) is 4.90 Å². The summed E-state index contributed by atoms with van der Waals surface area (Å²) in [6.07, 6.45) is 0. The van der Waals surface area contributed by atoms with Gasteiger partial charge >= 0.3 is 0 Å². The minimum Gasteiger partial charge on any atom is -0.310 e. The van der Waals surface area contributed by atoms with Gasteiger partial charge in [0.15, 0.2) is 0 Å². The van der Waals surface area contributed by atoms with Crippen molar-refractivity contribution >= 4 is 70.9 Å². The smallest absolute Gasteiger partial charge is 0.0546 e. The quantitative estimate of drug-likeness (QED) is 0.190. The topological polar surface area (TPSA) is 3.24 Å². The van der Waals surface area contributed by atoms with Crippen LogP contribution in [0.3, 0.4) is 0 Å². The highest BCUT2D eigenvalue weighted by molar-refractivity contribution is 6.15. The van der Waals surface area contributed by atoms with Crippen molar-refractivity contribution in [3.05, 3.63) is 176 Å². The second-order valence-corrected chi connectivity index (χ2v) is 11.8. The predicted molar refractivity (Wildman–Crippen MR) is 194 cm³/mol. The third-order valence-electron chi connectivity index (χ3n) is 9.18. The molecule has 1 heteroatoms. The van der Waals surface area contributed by atoms with E-state index >= 15 is 0 Å². The molecule has 0 radical (unpaired) electrons. The highest BCUT2D eigenvalue weighted by atomic mass is 15.1. The molecular formula is C44H29N. The third-order valence-corrected chi connectivity index (χ3v) is 9.18. The fraction of sp³-hybridized carbons (Fsp3) is 0. The average Bonchev–Trinajstić information content (AvgIpc) is 3.12. The van der Waals surface area contributed by atoms with E-state index in [4.69, 9.17) is 0 Å². The lowest BCUT2D eigenvalue weighted by Gasteiger charge is -2.28. The van der Waals surface area contributed by atoms with Crippen LogP contribution >= 0.6 is 0 Å². The standard InChI is InChI=1S/C44H29N/c1-2-11-34-27-35(20-17-30(34)9-1)31-21-24-37(25-22-31)45(38-26-23-33-19-18-32-10-3-5-13-39(32)43(33)29-38)44-28-36-12-4-6-14-40(36)41-15-7-8-16-42(41)44/h1-29H. The molecule has 9 aromatic rings. The molecule has 0 saturated carbocycles. The first kappa shape index (κ1) is 25.6. The van der Waals surface area contributed by atoms with Crippen molar-refractivity contribution in [2.45, 2.75) is 0 Å². The normalized spacial score (nSPS) is 11.6. The summed E-state index contributed by atoms with van der Waals surface area (Å²) in [5.74, 6) is 0. The molecular weight excluding hydrogens is 542 g/mol. The molecule has 1 nitrogen and oxygen atoms in total. The molecule has 210 valence electrons. The Bertz CT molecular complexity index is 2540. The van der Waals surface area contributed by atoms with Gasteiger partial charge in [-0.3, -0.25) is 0 Å². The van der Waals surface area contributed by atoms with E-state index in [9.17, 15) is 0 Å². The molecule has 0 aromatic heterocycles. The largest absolute Gasteiger partial charge is 0.310 e. The predicted octanol–water partition coefficient (Wildman–Crippen LogP) is 12.6. The summed E-state index contributed by atoms with van der Waals surface area (Å²) in [6, 6.07) is 64.2. The second-order valence-electron chi connectivity index (χ2n) is 11.8. The summed E-state index contributed by atoms with van der Waals surface area (Å²) in [6.45, 7) is 0. The Morgan fingerprint density at radius 2 is 0.778 bits per heavy atom. The SMILES string of the molecule is c1ccc2cc(-c3ccc(N(c4ccc5ccc6ccccc6c5c4)c4cc5ccccc5c5ccccc45)cc3)ccc2c1. The van der Waals surface area contributed by atoms with Gasteiger partial charge in [0, 0.05) is 16.8 Å². The van der Waals surface area contributed by atoms with E-state index in [1.807, 2.05) is 0 Å². The minimum absolute atomic E-state index is 1.12. The molecule has 0 spiro atoms. The summed E-state index contributed by atoms with van der Waals surface area (Å²) in [5.41, 5.74) is 5.86. The van der Waals surface area contributed by atoms with Crippen LogP contribution in [0.4, 0.5) is 17.1 Å². The Balaban J connectivity index is 1.27. The van der Waals surface area contributed by atoms with Crippen molar-refractivity contribution in [1.82, 2.24) is 0 Å². The molecule has 0 bridgehead atoms. The maximum Gasteiger partial charge on any atom is 0.0546 e. The second kappa shape index (κ2) is 10.4. The summed E-state index contributed by atoms with van der Waals surface area (Å²) in [4.78, 5) is 2.43. The Kier molecular flexibility index (Phi) is 5.89. The van der Waals surface area contributed by atoms with E-state index in [2.05, 4.69) is 181 Å². The molecule has 0 fully saturated rings. The maximum atomic E-state index is 2.43. The number of anilines is 3. The van der Waals surface area contributed by atoms with Gasteiger partial charge in [0.2, 0.25) is 0 Å². The van der Waals surface area contributed by atoms with Gasteiger partial charge in [-0.15, -0.1) is 0 Å². The molecule has 9 aromatic carbocycles. The van der Waals surface area contributed by atoms with Crippen LogP contribution < -0.4 is 4.90 Å². The summed E-state index contributed by atoms with van der Waals surface area (Å²) < 4.78 is 0. The van der Waals surface area contributed by atoms with Crippen molar-refractivity contribution < 1.29 is 0 Å². The highest BCUT2D eigenvalue weighted by Crippen LogP contribution is 2.43. The maximum absolute atomic E-state index is 2.43. The molecule has 0 amide bonds. The number of nitrogens with zero attached hydrogens (tertiary/aromatic N) is 1. The molecule has 45 heavy (non-hydrogen) atoms. The monoisotopic (exact) mass is 571 g/mol. The van der Waals surface area contributed by atoms with Gasteiger partial charge in [-0.05, 0) is 96.0 Å². The molecule has 0 heterocycles.